The Kier molecular flexibility index (Phi) is 1.51. The summed E-state index contributed by atoms with van der Waals surface area (Å²) in [7, 11) is 0. The molecule has 1 aromatic rings. The van der Waals surface area contributed by atoms with Crippen molar-refractivity contribution in [1.29, 1.82) is 0 Å². The predicted octanol–water partition coefficient (Wildman–Crippen LogP) is -1.95. The van der Waals surface area contributed by atoms with Gasteiger partial charge in [-0.05, 0) is 0 Å². The predicted molar refractivity (Wildman–Crippen MR) is 52.6 cm³/mol. The highest BCUT2D eigenvalue weighted by Crippen LogP contribution is 2.64. The Morgan fingerprint density at radius 2 is 2.41 bits per heavy atom. The maximum atomic E-state index is 11.1. The maximum absolute atomic E-state index is 11.1. The summed E-state index contributed by atoms with van der Waals surface area (Å²) in [5, 5.41) is 19.1. The van der Waals surface area contributed by atoms with Gasteiger partial charge in [0.05, 0.1) is 6.61 Å². The molecule has 1 spiro atoms. The lowest BCUT2D eigenvalue weighted by atomic mass is 10.1. The summed E-state index contributed by atoms with van der Waals surface area (Å²) in [5.74, 6) is 0. The Labute approximate surface area is 95.2 Å². The molecule has 3 heterocycles. The third kappa shape index (κ3) is 0.899. The number of hydrogen-bond acceptors (Lipinski definition) is 6. The van der Waals surface area contributed by atoms with Gasteiger partial charge in [0.2, 0.25) is 0 Å². The first-order valence-corrected chi connectivity index (χ1v) is 5.41. The Morgan fingerprint density at radius 1 is 1.59 bits per heavy atom. The molecule has 7 nitrogen and oxygen atoms in total. The topological polar surface area (TPSA) is 93.8 Å². The Morgan fingerprint density at radius 3 is 3.18 bits per heavy atom. The number of rotatable bonds is 1. The number of nitrogens with zero attached hydrogens (tertiary/aromatic N) is 2. The van der Waals surface area contributed by atoms with Crippen LogP contribution >= 0.6 is 0 Å². The van der Waals surface area contributed by atoms with Gasteiger partial charge in [-0.2, -0.15) is 4.98 Å². The summed E-state index contributed by atoms with van der Waals surface area (Å²) >= 11 is 0. The van der Waals surface area contributed by atoms with E-state index in [0.717, 1.165) is 0 Å². The van der Waals surface area contributed by atoms with Gasteiger partial charge in [0.1, 0.15) is 24.4 Å². The van der Waals surface area contributed by atoms with Crippen LogP contribution in [0.4, 0.5) is 0 Å². The van der Waals surface area contributed by atoms with Gasteiger partial charge in [-0.1, -0.05) is 0 Å². The second-order valence-electron chi connectivity index (χ2n) is 4.58. The van der Waals surface area contributed by atoms with E-state index in [1.807, 2.05) is 0 Å². The van der Waals surface area contributed by atoms with E-state index in [-0.39, 0.29) is 30.3 Å². The lowest BCUT2D eigenvalue weighted by molar-refractivity contribution is -0.0474. The van der Waals surface area contributed by atoms with Crippen molar-refractivity contribution < 1.29 is 19.7 Å². The Balaban J connectivity index is 1.77. The van der Waals surface area contributed by atoms with Gasteiger partial charge < -0.3 is 19.7 Å². The van der Waals surface area contributed by atoms with Crippen LogP contribution in [-0.4, -0.2) is 50.3 Å². The van der Waals surface area contributed by atoms with Crippen LogP contribution < -0.4 is 10.3 Å². The van der Waals surface area contributed by atoms with Crippen LogP contribution in [-0.2, 0) is 4.74 Å². The van der Waals surface area contributed by atoms with Crippen LogP contribution in [0.1, 0.15) is 6.04 Å². The number of aromatic nitrogens is 2. The second-order valence-corrected chi connectivity index (χ2v) is 4.58. The smallest absolute Gasteiger partial charge is 0.300 e. The van der Waals surface area contributed by atoms with Gasteiger partial charge in [-0.15, -0.1) is 0 Å². The number of aliphatic hydroxyl groups excluding tert-OH is 2. The zero-order valence-electron chi connectivity index (χ0n) is 8.68. The van der Waals surface area contributed by atoms with E-state index in [4.69, 9.17) is 14.6 Å². The minimum atomic E-state index is -0.903. The van der Waals surface area contributed by atoms with Crippen LogP contribution in [0.25, 0.3) is 0 Å². The summed E-state index contributed by atoms with van der Waals surface area (Å²) in [6, 6.07) is 1.40. The first-order chi connectivity index (χ1) is 8.18. The number of hydrogen-bond donors (Lipinski definition) is 2. The summed E-state index contributed by atoms with van der Waals surface area (Å²) in [4.78, 5) is 14.8. The van der Waals surface area contributed by atoms with E-state index < -0.39 is 17.8 Å². The van der Waals surface area contributed by atoms with E-state index >= 15 is 0 Å². The molecule has 3 aliphatic rings. The van der Waals surface area contributed by atoms with Crippen molar-refractivity contribution in [3.8, 4) is 6.01 Å². The van der Waals surface area contributed by atoms with Crippen LogP contribution in [0.5, 0.6) is 6.01 Å². The van der Waals surface area contributed by atoms with Gasteiger partial charge in [0.15, 0.2) is 5.60 Å². The van der Waals surface area contributed by atoms with E-state index in [1.165, 1.54) is 6.07 Å². The van der Waals surface area contributed by atoms with Crippen molar-refractivity contribution in [2.45, 2.75) is 30.0 Å². The number of fused-ring (bicyclic) bond motifs is 3. The molecule has 3 unspecified atom stereocenters. The summed E-state index contributed by atoms with van der Waals surface area (Å²) < 4.78 is 12.8. The van der Waals surface area contributed by atoms with Gasteiger partial charge in [-0.25, -0.2) is 0 Å². The molecule has 1 aromatic heterocycles. The third-order valence-corrected chi connectivity index (χ3v) is 3.77. The quantitative estimate of drug-likeness (QED) is 0.590. The molecule has 1 saturated heterocycles. The molecule has 1 saturated carbocycles. The zero-order chi connectivity index (χ0) is 11.8. The van der Waals surface area contributed by atoms with Crippen molar-refractivity contribution >= 4 is 0 Å². The van der Waals surface area contributed by atoms with Crippen LogP contribution in [0, 0.1) is 0 Å². The molecular formula is C10H10N2O5. The standard InChI is InChI=1S/C10H10N2O5/c13-3-4-7(15)10-6(8(10)16-4)12-2-1-5(14)11-9(12)17-10/h1-2,4,6-8,13,15H,3H2/t4-,6-,7?,8?,10?/m1/s1. The monoisotopic (exact) mass is 238 g/mol. The lowest BCUT2D eigenvalue weighted by Gasteiger charge is -2.18. The molecule has 0 radical (unpaired) electrons. The molecule has 2 aliphatic heterocycles. The molecule has 5 atom stereocenters. The van der Waals surface area contributed by atoms with E-state index in [0.29, 0.717) is 0 Å². The van der Waals surface area contributed by atoms with Gasteiger partial charge >= 0.3 is 6.01 Å². The van der Waals surface area contributed by atoms with E-state index in [9.17, 15) is 9.90 Å². The first-order valence-electron chi connectivity index (χ1n) is 5.41. The average Bonchev–Trinajstić information content (AvgIpc) is 2.65. The number of ether oxygens (including phenoxy) is 2. The molecule has 0 aromatic carbocycles. The highest BCUT2D eigenvalue weighted by Gasteiger charge is 2.83. The minimum absolute atomic E-state index is 0.150. The molecule has 4 rings (SSSR count). The fourth-order valence-corrected chi connectivity index (χ4v) is 2.94. The maximum Gasteiger partial charge on any atom is 0.300 e. The van der Waals surface area contributed by atoms with Gasteiger partial charge in [0, 0.05) is 12.3 Å². The van der Waals surface area contributed by atoms with Crippen LogP contribution in [0.15, 0.2) is 17.1 Å². The SMILES string of the molecule is O=c1ccn2c(n1)OC13C(O)[C@@H](CO)OC1[C@@H]23. The zero-order valence-corrected chi connectivity index (χ0v) is 8.68. The molecule has 90 valence electrons. The normalized spacial score (nSPS) is 44.8. The molecule has 2 fully saturated rings. The fraction of sp³-hybridized carbons (Fsp3) is 0.600. The minimum Gasteiger partial charge on any atom is -0.450 e. The average molecular weight is 238 g/mol. The van der Waals surface area contributed by atoms with E-state index in [2.05, 4.69) is 4.98 Å². The lowest BCUT2D eigenvalue weighted by Crippen LogP contribution is -2.40. The van der Waals surface area contributed by atoms with Crippen molar-refractivity contribution in [1.82, 2.24) is 9.55 Å². The Bertz CT molecular complexity index is 558. The van der Waals surface area contributed by atoms with Crippen molar-refractivity contribution in [3.05, 3.63) is 22.6 Å². The molecule has 1 aliphatic carbocycles. The highest BCUT2D eigenvalue weighted by molar-refractivity contribution is 5.36. The first kappa shape index (κ1) is 9.58. The molecule has 7 heteroatoms. The summed E-state index contributed by atoms with van der Waals surface area (Å²) in [5.41, 5.74) is -1.24. The van der Waals surface area contributed by atoms with Crippen molar-refractivity contribution in [2.24, 2.45) is 0 Å². The largest absolute Gasteiger partial charge is 0.450 e. The van der Waals surface area contributed by atoms with Crippen molar-refractivity contribution in [2.75, 3.05) is 6.61 Å². The fourth-order valence-electron chi connectivity index (χ4n) is 2.94. The third-order valence-electron chi connectivity index (χ3n) is 3.77. The summed E-state index contributed by atoms with van der Waals surface area (Å²) in [6.45, 7) is -0.253. The van der Waals surface area contributed by atoms with Gasteiger partial charge in [0.25, 0.3) is 5.56 Å². The van der Waals surface area contributed by atoms with E-state index in [1.54, 1.807) is 10.8 Å². The molecule has 0 amide bonds. The number of aliphatic hydroxyl groups is 2. The van der Waals surface area contributed by atoms with Crippen LogP contribution in [0.3, 0.4) is 0 Å². The molecule has 17 heavy (non-hydrogen) atoms. The van der Waals surface area contributed by atoms with Crippen molar-refractivity contribution in [3.63, 3.8) is 0 Å². The highest BCUT2D eigenvalue weighted by atomic mass is 16.6. The Hall–Kier alpha value is -1.44. The molecule has 2 N–H and O–H groups in total. The van der Waals surface area contributed by atoms with Crippen LogP contribution in [0.2, 0.25) is 0 Å². The molecular weight excluding hydrogens is 228 g/mol. The molecule has 0 bridgehead atoms. The summed E-state index contributed by atoms with van der Waals surface area (Å²) in [6.07, 6.45) is -0.212. The second kappa shape index (κ2) is 2.69. The van der Waals surface area contributed by atoms with Gasteiger partial charge in [-0.3, -0.25) is 9.36 Å².